The number of carbonyl (C=O) groups is 1. The topological polar surface area (TPSA) is 56.2 Å². The van der Waals surface area contributed by atoms with Gasteiger partial charge < -0.3 is 10.1 Å². The standard InChI is InChI=1S/C22H16ClF2N3O2S/c23-19-11-28(10-14-4-6-16(24)7-5-14)27-21(19)26-22(29)20-8-15(13-31-20)12-30-18-3-1-2-17(25)9-18/h1-9,11,13H,10,12H2,(H,26,27,29). The van der Waals surface area contributed by atoms with Crippen LogP contribution in [0.3, 0.4) is 0 Å². The smallest absolute Gasteiger partial charge is 0.266 e. The molecule has 4 rings (SSSR count). The molecule has 2 heterocycles. The molecule has 1 N–H and O–H groups in total. The molecular formula is C22H16ClF2N3O2S. The molecule has 31 heavy (non-hydrogen) atoms. The number of hydrogen-bond acceptors (Lipinski definition) is 4. The van der Waals surface area contributed by atoms with Gasteiger partial charge in [-0.3, -0.25) is 9.48 Å². The molecule has 5 nitrogen and oxygen atoms in total. The van der Waals surface area contributed by atoms with Gasteiger partial charge in [-0.25, -0.2) is 8.78 Å². The summed E-state index contributed by atoms with van der Waals surface area (Å²) in [6.07, 6.45) is 1.59. The fourth-order valence-corrected chi connectivity index (χ4v) is 3.79. The molecule has 0 saturated heterocycles. The van der Waals surface area contributed by atoms with E-state index in [0.29, 0.717) is 22.2 Å². The van der Waals surface area contributed by atoms with Crippen LogP contribution in [0.1, 0.15) is 20.8 Å². The number of anilines is 1. The predicted octanol–water partition coefficient (Wildman–Crippen LogP) is 5.76. The summed E-state index contributed by atoms with van der Waals surface area (Å²) in [7, 11) is 0. The number of thiophene rings is 1. The van der Waals surface area contributed by atoms with Crippen LogP contribution in [0.15, 0.2) is 66.2 Å². The number of carbonyl (C=O) groups excluding carboxylic acids is 1. The quantitative estimate of drug-likeness (QED) is 0.382. The van der Waals surface area contributed by atoms with E-state index in [1.165, 1.54) is 35.6 Å². The molecule has 0 aliphatic heterocycles. The Bertz CT molecular complexity index is 1210. The maximum absolute atomic E-state index is 13.2. The number of halogens is 3. The average molecular weight is 460 g/mol. The molecule has 0 aliphatic rings. The Labute approximate surface area is 185 Å². The summed E-state index contributed by atoms with van der Waals surface area (Å²) in [5.74, 6) is -0.392. The fourth-order valence-electron chi connectivity index (χ4n) is 2.80. The third kappa shape index (κ3) is 5.48. The molecule has 0 spiro atoms. The van der Waals surface area contributed by atoms with Crippen LogP contribution in [-0.2, 0) is 13.2 Å². The second-order valence-electron chi connectivity index (χ2n) is 6.67. The number of ether oxygens (including phenoxy) is 1. The van der Waals surface area contributed by atoms with Gasteiger partial charge in [-0.15, -0.1) is 11.3 Å². The molecular weight excluding hydrogens is 444 g/mol. The van der Waals surface area contributed by atoms with Crippen molar-refractivity contribution in [2.45, 2.75) is 13.2 Å². The SMILES string of the molecule is O=C(Nc1nn(Cc2ccc(F)cc2)cc1Cl)c1cc(COc2cccc(F)c2)cs1. The molecule has 0 saturated carbocycles. The van der Waals surface area contributed by atoms with Gasteiger partial charge in [0.2, 0.25) is 0 Å². The van der Waals surface area contributed by atoms with E-state index < -0.39 is 0 Å². The monoisotopic (exact) mass is 459 g/mol. The van der Waals surface area contributed by atoms with Crippen molar-refractivity contribution in [3.8, 4) is 5.75 Å². The highest BCUT2D eigenvalue weighted by Gasteiger charge is 2.15. The minimum Gasteiger partial charge on any atom is -0.489 e. The van der Waals surface area contributed by atoms with Gasteiger partial charge in [0.25, 0.3) is 5.91 Å². The van der Waals surface area contributed by atoms with Crippen LogP contribution in [0, 0.1) is 11.6 Å². The van der Waals surface area contributed by atoms with Crippen molar-refractivity contribution in [3.63, 3.8) is 0 Å². The van der Waals surface area contributed by atoms with Crippen molar-refractivity contribution >= 4 is 34.7 Å². The Balaban J connectivity index is 1.37. The normalized spacial score (nSPS) is 10.8. The molecule has 4 aromatic rings. The van der Waals surface area contributed by atoms with Crippen LogP contribution in [0.5, 0.6) is 5.75 Å². The van der Waals surface area contributed by atoms with Crippen LogP contribution >= 0.6 is 22.9 Å². The molecule has 0 bridgehead atoms. The van der Waals surface area contributed by atoms with Gasteiger partial charge >= 0.3 is 0 Å². The van der Waals surface area contributed by atoms with Crippen LogP contribution in [0.2, 0.25) is 5.02 Å². The highest BCUT2D eigenvalue weighted by molar-refractivity contribution is 7.12. The molecule has 9 heteroatoms. The largest absolute Gasteiger partial charge is 0.489 e. The number of nitrogens with one attached hydrogen (secondary N) is 1. The first kappa shape index (κ1) is 21.0. The number of hydrogen-bond donors (Lipinski definition) is 1. The van der Waals surface area contributed by atoms with Crippen molar-refractivity contribution in [1.29, 1.82) is 0 Å². The lowest BCUT2D eigenvalue weighted by atomic mass is 10.2. The van der Waals surface area contributed by atoms with Crippen LogP contribution in [0.4, 0.5) is 14.6 Å². The molecule has 2 aromatic carbocycles. The van der Waals surface area contributed by atoms with Crippen molar-refractivity contribution in [2.75, 3.05) is 5.32 Å². The number of rotatable bonds is 7. The Morgan fingerprint density at radius 2 is 1.90 bits per heavy atom. The minimum absolute atomic E-state index is 0.209. The van der Waals surface area contributed by atoms with E-state index in [2.05, 4.69) is 10.4 Å². The zero-order valence-corrected chi connectivity index (χ0v) is 17.6. The van der Waals surface area contributed by atoms with Crippen LogP contribution in [-0.4, -0.2) is 15.7 Å². The summed E-state index contributed by atoms with van der Waals surface area (Å²) in [6.45, 7) is 0.594. The number of aromatic nitrogens is 2. The first-order valence-electron chi connectivity index (χ1n) is 9.21. The van der Waals surface area contributed by atoms with E-state index >= 15 is 0 Å². The average Bonchev–Trinajstić information content (AvgIpc) is 3.35. The summed E-state index contributed by atoms with van der Waals surface area (Å²) < 4.78 is 33.4. The van der Waals surface area contributed by atoms with E-state index in [1.807, 2.05) is 0 Å². The minimum atomic E-state index is -0.376. The summed E-state index contributed by atoms with van der Waals surface area (Å²) in [6, 6.07) is 13.6. The van der Waals surface area contributed by atoms with E-state index in [-0.39, 0.29) is 30.0 Å². The molecule has 1 amide bonds. The lowest BCUT2D eigenvalue weighted by molar-refractivity contribution is 0.103. The van der Waals surface area contributed by atoms with Crippen molar-refractivity contribution in [3.05, 3.63) is 98.8 Å². The highest BCUT2D eigenvalue weighted by Crippen LogP contribution is 2.23. The van der Waals surface area contributed by atoms with E-state index in [0.717, 1.165) is 11.1 Å². The second kappa shape index (κ2) is 9.28. The van der Waals surface area contributed by atoms with E-state index in [1.54, 1.807) is 46.6 Å². The summed E-state index contributed by atoms with van der Waals surface area (Å²) in [5, 5.41) is 9.07. The Morgan fingerprint density at radius 1 is 1.10 bits per heavy atom. The zero-order chi connectivity index (χ0) is 21.8. The number of nitrogens with zero attached hydrogens (tertiary/aromatic N) is 2. The second-order valence-corrected chi connectivity index (χ2v) is 7.99. The molecule has 0 unspecified atom stereocenters. The van der Waals surface area contributed by atoms with Gasteiger partial charge in [0, 0.05) is 17.8 Å². The fraction of sp³-hybridized carbons (Fsp3) is 0.0909. The maximum Gasteiger partial charge on any atom is 0.266 e. The van der Waals surface area contributed by atoms with E-state index in [4.69, 9.17) is 16.3 Å². The van der Waals surface area contributed by atoms with Crippen molar-refractivity contribution in [1.82, 2.24) is 9.78 Å². The van der Waals surface area contributed by atoms with Gasteiger partial charge in [0.15, 0.2) is 5.82 Å². The Morgan fingerprint density at radius 3 is 2.68 bits per heavy atom. The van der Waals surface area contributed by atoms with Gasteiger partial charge in [0.05, 0.1) is 11.4 Å². The first-order chi connectivity index (χ1) is 15.0. The Hall–Kier alpha value is -3.23. The van der Waals surface area contributed by atoms with Gasteiger partial charge in [-0.2, -0.15) is 5.10 Å². The van der Waals surface area contributed by atoms with Crippen LogP contribution < -0.4 is 10.1 Å². The number of benzene rings is 2. The van der Waals surface area contributed by atoms with Crippen LogP contribution in [0.25, 0.3) is 0 Å². The molecule has 0 radical (unpaired) electrons. The van der Waals surface area contributed by atoms with Gasteiger partial charge in [-0.1, -0.05) is 29.8 Å². The third-order valence-electron chi connectivity index (χ3n) is 4.29. The maximum atomic E-state index is 13.2. The first-order valence-corrected chi connectivity index (χ1v) is 10.5. The summed E-state index contributed by atoms with van der Waals surface area (Å²) >= 11 is 7.45. The lowest BCUT2D eigenvalue weighted by Crippen LogP contribution is -2.11. The third-order valence-corrected chi connectivity index (χ3v) is 5.54. The molecule has 0 atom stereocenters. The summed E-state index contributed by atoms with van der Waals surface area (Å²) in [4.78, 5) is 13.0. The zero-order valence-electron chi connectivity index (χ0n) is 16.0. The molecule has 2 aromatic heterocycles. The number of amides is 1. The van der Waals surface area contributed by atoms with E-state index in [9.17, 15) is 13.6 Å². The van der Waals surface area contributed by atoms with Gasteiger partial charge in [0.1, 0.15) is 29.0 Å². The summed E-state index contributed by atoms with van der Waals surface area (Å²) in [5.41, 5.74) is 1.63. The Kier molecular flexibility index (Phi) is 6.29. The molecule has 0 fully saturated rings. The molecule has 158 valence electrons. The van der Waals surface area contributed by atoms with Gasteiger partial charge in [-0.05, 0) is 41.3 Å². The molecule has 0 aliphatic carbocycles. The lowest BCUT2D eigenvalue weighted by Gasteiger charge is -2.04. The predicted molar refractivity (Wildman–Crippen MR) is 116 cm³/mol. The van der Waals surface area contributed by atoms with Crippen molar-refractivity contribution in [2.24, 2.45) is 0 Å². The highest BCUT2D eigenvalue weighted by atomic mass is 35.5. The van der Waals surface area contributed by atoms with Crippen molar-refractivity contribution < 1.29 is 18.3 Å².